The van der Waals surface area contributed by atoms with Gasteiger partial charge in [-0.25, -0.2) is 0 Å². The molecule has 25 heavy (non-hydrogen) atoms. The highest BCUT2D eigenvalue weighted by molar-refractivity contribution is 5.90. The lowest BCUT2D eigenvalue weighted by atomic mass is 9.83. The predicted octanol–water partition coefficient (Wildman–Crippen LogP) is 3.71. The van der Waals surface area contributed by atoms with E-state index in [1.54, 1.807) is 7.11 Å². The Hall–Kier alpha value is -2.07. The van der Waals surface area contributed by atoms with Gasteiger partial charge in [0.25, 0.3) is 0 Å². The minimum absolute atomic E-state index is 0.168. The summed E-state index contributed by atoms with van der Waals surface area (Å²) in [5.41, 5.74) is 0.545. The first-order valence-corrected chi connectivity index (χ1v) is 8.98. The fraction of sp³-hybridized carbons (Fsp3) is 0.476. The van der Waals surface area contributed by atoms with Crippen molar-refractivity contribution in [2.45, 2.75) is 38.7 Å². The molecule has 134 valence electrons. The van der Waals surface area contributed by atoms with Crippen molar-refractivity contribution in [2.75, 3.05) is 20.2 Å². The molecule has 1 fully saturated rings. The standard InChI is InChI=1S/C21H27NO3/c1-21(2,17-9-11-22-12-10-17)25-20(23)13-16-6-4-5-15-7-8-18(24-3)14-19(15)16/h4-8,14,17,22H,9-13H2,1-3H3. The molecule has 3 rings (SSSR count). The van der Waals surface area contributed by atoms with Crippen LogP contribution in [0.5, 0.6) is 5.75 Å². The third-order valence-corrected chi connectivity index (χ3v) is 5.21. The van der Waals surface area contributed by atoms with E-state index < -0.39 is 5.60 Å². The molecule has 0 aromatic heterocycles. The Bertz CT molecular complexity index is 748. The van der Waals surface area contributed by atoms with Gasteiger partial charge < -0.3 is 14.8 Å². The number of carbonyl (C=O) groups excluding carboxylic acids is 1. The average Bonchev–Trinajstić information content (AvgIpc) is 2.62. The maximum Gasteiger partial charge on any atom is 0.310 e. The maximum absolute atomic E-state index is 12.6. The van der Waals surface area contributed by atoms with Crippen LogP contribution in [0.1, 0.15) is 32.3 Å². The second-order valence-corrected chi connectivity index (χ2v) is 7.28. The highest BCUT2D eigenvalue weighted by Crippen LogP contribution is 2.30. The van der Waals surface area contributed by atoms with Crippen LogP contribution < -0.4 is 10.1 Å². The minimum Gasteiger partial charge on any atom is -0.497 e. The number of benzene rings is 2. The summed E-state index contributed by atoms with van der Waals surface area (Å²) in [7, 11) is 1.65. The smallest absolute Gasteiger partial charge is 0.310 e. The molecule has 0 unspecified atom stereocenters. The predicted molar refractivity (Wildman–Crippen MR) is 100.0 cm³/mol. The lowest BCUT2D eigenvalue weighted by Crippen LogP contribution is -2.43. The highest BCUT2D eigenvalue weighted by atomic mass is 16.6. The number of rotatable bonds is 5. The van der Waals surface area contributed by atoms with Crippen molar-refractivity contribution in [1.82, 2.24) is 5.32 Å². The highest BCUT2D eigenvalue weighted by Gasteiger charge is 2.34. The molecule has 0 aliphatic carbocycles. The van der Waals surface area contributed by atoms with E-state index in [2.05, 4.69) is 5.32 Å². The molecule has 1 aliphatic heterocycles. The zero-order chi connectivity index (χ0) is 17.9. The van der Waals surface area contributed by atoms with Gasteiger partial charge >= 0.3 is 5.97 Å². The summed E-state index contributed by atoms with van der Waals surface area (Å²) in [4.78, 5) is 12.6. The van der Waals surface area contributed by atoms with Crippen LogP contribution in [-0.2, 0) is 16.0 Å². The molecule has 4 heteroatoms. The molecular weight excluding hydrogens is 314 g/mol. The van der Waals surface area contributed by atoms with Crippen molar-refractivity contribution in [3.63, 3.8) is 0 Å². The van der Waals surface area contributed by atoms with Crippen molar-refractivity contribution in [1.29, 1.82) is 0 Å². The van der Waals surface area contributed by atoms with Crippen LogP contribution in [0.15, 0.2) is 36.4 Å². The molecule has 2 aromatic rings. The Labute approximate surface area is 149 Å². The van der Waals surface area contributed by atoms with E-state index in [1.165, 1.54) is 0 Å². The maximum atomic E-state index is 12.6. The fourth-order valence-corrected chi connectivity index (χ4v) is 3.68. The molecule has 1 aliphatic rings. The van der Waals surface area contributed by atoms with Crippen LogP contribution in [0.4, 0.5) is 0 Å². The lowest BCUT2D eigenvalue weighted by molar-refractivity contribution is -0.161. The van der Waals surface area contributed by atoms with E-state index >= 15 is 0 Å². The number of hydrogen-bond donors (Lipinski definition) is 1. The first kappa shape index (κ1) is 17.7. The number of methoxy groups -OCH3 is 1. The van der Waals surface area contributed by atoms with Crippen LogP contribution in [0.3, 0.4) is 0 Å². The molecule has 0 amide bonds. The van der Waals surface area contributed by atoms with Crippen molar-refractivity contribution in [3.8, 4) is 5.75 Å². The first-order chi connectivity index (χ1) is 12.0. The van der Waals surface area contributed by atoms with E-state index in [-0.39, 0.29) is 12.4 Å². The second kappa shape index (κ2) is 7.44. The molecule has 0 saturated carbocycles. The zero-order valence-corrected chi connectivity index (χ0v) is 15.3. The molecule has 1 N–H and O–H groups in total. The average molecular weight is 341 g/mol. The van der Waals surface area contributed by atoms with Gasteiger partial charge in [-0.1, -0.05) is 24.3 Å². The largest absolute Gasteiger partial charge is 0.497 e. The van der Waals surface area contributed by atoms with E-state index in [1.807, 2.05) is 50.2 Å². The summed E-state index contributed by atoms with van der Waals surface area (Å²) < 4.78 is 11.2. The molecule has 4 nitrogen and oxygen atoms in total. The molecule has 0 atom stereocenters. The van der Waals surface area contributed by atoms with E-state index in [9.17, 15) is 4.79 Å². The van der Waals surface area contributed by atoms with E-state index in [4.69, 9.17) is 9.47 Å². The van der Waals surface area contributed by atoms with Crippen molar-refractivity contribution < 1.29 is 14.3 Å². The lowest BCUT2D eigenvalue weighted by Gasteiger charge is -2.36. The number of esters is 1. The van der Waals surface area contributed by atoms with Gasteiger partial charge in [0.15, 0.2) is 0 Å². The van der Waals surface area contributed by atoms with Crippen LogP contribution in [0.2, 0.25) is 0 Å². The Morgan fingerprint density at radius 1 is 1.20 bits per heavy atom. The SMILES string of the molecule is COc1ccc2cccc(CC(=O)OC(C)(C)C3CCNCC3)c2c1. The Balaban J connectivity index is 1.75. The molecular formula is C21H27NO3. The van der Waals surface area contributed by atoms with Crippen LogP contribution in [0.25, 0.3) is 10.8 Å². The molecule has 1 heterocycles. The van der Waals surface area contributed by atoms with Gasteiger partial charge in [0.1, 0.15) is 11.4 Å². The van der Waals surface area contributed by atoms with Crippen molar-refractivity contribution in [2.24, 2.45) is 5.92 Å². The Kier molecular flexibility index (Phi) is 5.28. The van der Waals surface area contributed by atoms with Gasteiger partial charge in [0, 0.05) is 5.92 Å². The minimum atomic E-state index is -0.429. The zero-order valence-electron chi connectivity index (χ0n) is 15.3. The number of piperidine rings is 1. The number of carbonyl (C=O) groups is 1. The summed E-state index contributed by atoms with van der Waals surface area (Å²) in [6.45, 7) is 6.06. The van der Waals surface area contributed by atoms with Crippen molar-refractivity contribution in [3.05, 3.63) is 42.0 Å². The summed E-state index contributed by atoms with van der Waals surface area (Å²) in [5, 5.41) is 5.50. The number of nitrogens with one attached hydrogen (secondary N) is 1. The number of ether oxygens (including phenoxy) is 2. The molecule has 0 radical (unpaired) electrons. The molecule has 2 aromatic carbocycles. The van der Waals surface area contributed by atoms with Gasteiger partial charge in [0.2, 0.25) is 0 Å². The van der Waals surface area contributed by atoms with E-state index in [0.29, 0.717) is 5.92 Å². The normalized spacial score (nSPS) is 16.0. The summed E-state index contributed by atoms with van der Waals surface area (Å²) >= 11 is 0. The van der Waals surface area contributed by atoms with Gasteiger partial charge in [-0.15, -0.1) is 0 Å². The monoisotopic (exact) mass is 341 g/mol. The molecule has 0 bridgehead atoms. The van der Waals surface area contributed by atoms with Crippen LogP contribution in [0, 0.1) is 5.92 Å². The fourth-order valence-electron chi connectivity index (χ4n) is 3.68. The van der Waals surface area contributed by atoms with Crippen LogP contribution >= 0.6 is 0 Å². The topological polar surface area (TPSA) is 47.6 Å². The Morgan fingerprint density at radius 2 is 1.96 bits per heavy atom. The van der Waals surface area contributed by atoms with Gasteiger partial charge in [-0.3, -0.25) is 4.79 Å². The second-order valence-electron chi connectivity index (χ2n) is 7.28. The summed E-state index contributed by atoms with van der Waals surface area (Å²) in [6.07, 6.45) is 2.37. The molecule has 1 saturated heterocycles. The summed E-state index contributed by atoms with van der Waals surface area (Å²) in [6, 6.07) is 11.9. The molecule has 0 spiro atoms. The Morgan fingerprint density at radius 3 is 2.68 bits per heavy atom. The number of fused-ring (bicyclic) bond motifs is 1. The van der Waals surface area contributed by atoms with Crippen LogP contribution in [-0.4, -0.2) is 31.8 Å². The van der Waals surface area contributed by atoms with Crippen molar-refractivity contribution >= 4 is 16.7 Å². The third-order valence-electron chi connectivity index (χ3n) is 5.21. The quantitative estimate of drug-likeness (QED) is 0.842. The van der Waals surface area contributed by atoms with Gasteiger partial charge in [-0.2, -0.15) is 0 Å². The van der Waals surface area contributed by atoms with E-state index in [0.717, 1.165) is 48.0 Å². The van der Waals surface area contributed by atoms with Gasteiger partial charge in [0.05, 0.1) is 13.5 Å². The third kappa shape index (κ3) is 4.13. The van der Waals surface area contributed by atoms with Gasteiger partial charge in [-0.05, 0) is 68.2 Å². The first-order valence-electron chi connectivity index (χ1n) is 8.98. The summed E-state index contributed by atoms with van der Waals surface area (Å²) in [5.74, 6) is 1.03. The number of hydrogen-bond acceptors (Lipinski definition) is 4.